The average Bonchev–Trinajstić information content (AvgIpc) is 3.03. The summed E-state index contributed by atoms with van der Waals surface area (Å²) in [4.78, 5) is 37.7. The van der Waals surface area contributed by atoms with Gasteiger partial charge in [-0.3, -0.25) is 19.3 Å². The fourth-order valence-electron chi connectivity index (χ4n) is 5.15. The van der Waals surface area contributed by atoms with Gasteiger partial charge in [0.05, 0.1) is 35.7 Å². The number of ether oxygens (including phenoxy) is 1. The number of likely N-dealkylation sites (N-methyl/N-ethyl adjacent to an activating group) is 1. The van der Waals surface area contributed by atoms with Gasteiger partial charge in [0.15, 0.2) is 0 Å². The fraction of sp³-hybridized carbons (Fsp3) is 0.385. The molecule has 3 heterocycles. The number of rotatable bonds is 8. The monoisotopic (exact) mass is 523 g/mol. The third kappa shape index (κ3) is 4.53. The smallest absolute Gasteiger partial charge is 0.238 e. The summed E-state index contributed by atoms with van der Waals surface area (Å²) in [5.74, 6) is 0.187. The molecule has 2 aliphatic rings. The van der Waals surface area contributed by atoms with Crippen LogP contribution in [0.15, 0.2) is 36.7 Å². The summed E-state index contributed by atoms with van der Waals surface area (Å²) in [7, 11) is 2.07. The van der Waals surface area contributed by atoms with E-state index in [0.717, 1.165) is 35.7 Å². The molecule has 0 unspecified atom stereocenters. The van der Waals surface area contributed by atoms with E-state index in [1.54, 1.807) is 30.4 Å². The van der Waals surface area contributed by atoms with Gasteiger partial charge in [0.2, 0.25) is 21.8 Å². The number of nitrogens with one attached hydrogen (secondary N) is 1. The first kappa shape index (κ1) is 25.1. The zero-order chi connectivity index (χ0) is 26.5. The lowest BCUT2D eigenvalue weighted by Crippen LogP contribution is -2.49. The third-order valence-corrected chi connectivity index (χ3v) is 7.46. The van der Waals surface area contributed by atoms with Crippen molar-refractivity contribution in [3.63, 3.8) is 0 Å². The second-order valence-corrected chi connectivity index (χ2v) is 11.8. The van der Waals surface area contributed by atoms with Crippen LogP contribution in [-0.2, 0) is 25.0 Å². The van der Waals surface area contributed by atoms with Crippen molar-refractivity contribution < 1.29 is 22.7 Å². The molecule has 11 heteroatoms. The van der Waals surface area contributed by atoms with E-state index in [9.17, 15) is 18.0 Å². The molecule has 1 aliphatic heterocycles. The summed E-state index contributed by atoms with van der Waals surface area (Å²) < 4.78 is 32.4. The molecular formula is C26H29N5O5S. The van der Waals surface area contributed by atoms with Gasteiger partial charge < -0.3 is 14.5 Å². The zero-order valence-corrected chi connectivity index (χ0v) is 22.1. The van der Waals surface area contributed by atoms with Crippen LogP contribution in [0, 0.1) is 0 Å². The Kier molecular flexibility index (Phi) is 6.15. The van der Waals surface area contributed by atoms with E-state index in [1.165, 1.54) is 0 Å². The lowest BCUT2D eigenvalue weighted by atomic mass is 9.63. The maximum absolute atomic E-state index is 13.1. The summed E-state index contributed by atoms with van der Waals surface area (Å²) in [5, 5.41) is 0.793. The minimum absolute atomic E-state index is 0.0672. The second-order valence-electron chi connectivity index (χ2n) is 10.0. The summed E-state index contributed by atoms with van der Waals surface area (Å²) in [6.07, 6.45) is 5.53. The van der Waals surface area contributed by atoms with E-state index in [4.69, 9.17) is 4.74 Å². The molecule has 1 aromatic carbocycles. The highest BCUT2D eigenvalue weighted by Crippen LogP contribution is 2.53. The molecule has 0 radical (unpaired) electrons. The number of hydrogen-bond donors (Lipinski definition) is 1. The van der Waals surface area contributed by atoms with Crippen LogP contribution in [0.2, 0.25) is 0 Å². The van der Waals surface area contributed by atoms with Gasteiger partial charge in [-0.15, -0.1) is 0 Å². The number of aromatic nitrogens is 2. The maximum Gasteiger partial charge on any atom is 0.238 e. The number of nitrogens with zero attached hydrogens (tertiary/aromatic N) is 4. The Morgan fingerprint density at radius 3 is 2.54 bits per heavy atom. The van der Waals surface area contributed by atoms with Crippen LogP contribution in [0.4, 0.5) is 11.4 Å². The van der Waals surface area contributed by atoms with Crippen LogP contribution in [0.1, 0.15) is 24.8 Å². The summed E-state index contributed by atoms with van der Waals surface area (Å²) in [6.45, 7) is 1.21. The van der Waals surface area contributed by atoms with Gasteiger partial charge >= 0.3 is 0 Å². The molecule has 5 rings (SSSR count). The molecule has 2 aromatic heterocycles. The second kappa shape index (κ2) is 9.07. The Balaban J connectivity index is 1.56. The van der Waals surface area contributed by atoms with Gasteiger partial charge in [0.25, 0.3) is 0 Å². The lowest BCUT2D eigenvalue weighted by Gasteiger charge is -2.35. The summed E-state index contributed by atoms with van der Waals surface area (Å²) >= 11 is 0. The average molecular weight is 524 g/mol. The van der Waals surface area contributed by atoms with Crippen LogP contribution < -0.4 is 14.4 Å². The molecule has 37 heavy (non-hydrogen) atoms. The van der Waals surface area contributed by atoms with Crippen LogP contribution >= 0.6 is 0 Å². The van der Waals surface area contributed by atoms with E-state index in [1.807, 2.05) is 37.2 Å². The van der Waals surface area contributed by atoms with E-state index in [2.05, 4.69) is 14.7 Å². The molecule has 1 saturated carbocycles. The maximum atomic E-state index is 13.1. The van der Waals surface area contributed by atoms with E-state index in [-0.39, 0.29) is 36.1 Å². The molecule has 10 nitrogen and oxygen atoms in total. The summed E-state index contributed by atoms with van der Waals surface area (Å²) in [5.41, 5.74) is 3.10. The van der Waals surface area contributed by atoms with Gasteiger partial charge in [0, 0.05) is 49.1 Å². The normalized spacial score (nSPS) is 16.4. The Morgan fingerprint density at radius 2 is 1.86 bits per heavy atom. The first-order valence-corrected chi connectivity index (χ1v) is 13.9. The Bertz CT molecular complexity index is 1530. The molecule has 1 spiro atoms. The molecule has 0 saturated heterocycles. The minimum atomic E-state index is -3.58. The number of sulfonamides is 1. The van der Waals surface area contributed by atoms with Gasteiger partial charge in [-0.2, -0.15) is 0 Å². The Labute approximate surface area is 215 Å². The number of hydrogen-bond acceptors (Lipinski definition) is 8. The standard InChI is InChI=1S/C26H29N5O5S/c1-30(2)8-5-9-36-24-21(29-37(4,34)35)11-17(14-28-24)16-6-7-20-19(10-16)23-22(15-27-20)31(3)25(33)26(23)12-18(32)13-26/h6-7,10-11,14-15,29H,5,8-9,12-13H2,1-4H3. The zero-order valence-electron chi connectivity index (χ0n) is 21.2. The number of Topliss-reactive ketones (excluding diaryl/α,β-unsaturated/α-hetero) is 1. The number of ketones is 1. The van der Waals surface area contributed by atoms with Crippen molar-refractivity contribution in [3.8, 4) is 17.0 Å². The van der Waals surface area contributed by atoms with Crippen LogP contribution in [0.25, 0.3) is 22.0 Å². The van der Waals surface area contributed by atoms with Gasteiger partial charge in [-0.1, -0.05) is 6.07 Å². The molecule has 194 valence electrons. The lowest BCUT2D eigenvalue weighted by molar-refractivity contribution is -0.138. The van der Waals surface area contributed by atoms with Crippen molar-refractivity contribution in [3.05, 3.63) is 42.2 Å². The first-order valence-electron chi connectivity index (χ1n) is 12.0. The molecule has 1 aliphatic carbocycles. The number of benzene rings is 1. The van der Waals surface area contributed by atoms with Gasteiger partial charge in [0.1, 0.15) is 11.5 Å². The molecule has 1 amide bonds. The third-order valence-electron chi connectivity index (χ3n) is 6.87. The number of amides is 1. The molecule has 0 bridgehead atoms. The first-order chi connectivity index (χ1) is 17.5. The number of anilines is 2. The van der Waals surface area contributed by atoms with E-state index >= 15 is 0 Å². The van der Waals surface area contributed by atoms with Crippen molar-refractivity contribution in [1.82, 2.24) is 14.9 Å². The Morgan fingerprint density at radius 1 is 1.11 bits per heavy atom. The van der Waals surface area contributed by atoms with Crippen LogP contribution in [0.3, 0.4) is 0 Å². The number of carbonyl (C=O) groups excluding carboxylic acids is 2. The van der Waals surface area contributed by atoms with Crippen LogP contribution in [0.5, 0.6) is 5.88 Å². The van der Waals surface area contributed by atoms with Gasteiger partial charge in [-0.25, -0.2) is 13.4 Å². The minimum Gasteiger partial charge on any atom is -0.476 e. The van der Waals surface area contributed by atoms with Crippen molar-refractivity contribution >= 4 is 44.0 Å². The predicted molar refractivity (Wildman–Crippen MR) is 141 cm³/mol. The van der Waals surface area contributed by atoms with Crippen molar-refractivity contribution in [2.24, 2.45) is 0 Å². The quantitative estimate of drug-likeness (QED) is 0.447. The number of pyridine rings is 2. The topological polar surface area (TPSA) is 122 Å². The Hall–Kier alpha value is -3.57. The highest BCUT2D eigenvalue weighted by atomic mass is 32.2. The van der Waals surface area contributed by atoms with Crippen LogP contribution in [-0.4, -0.2) is 75.5 Å². The fourth-order valence-corrected chi connectivity index (χ4v) is 5.70. The molecule has 1 N–H and O–H groups in total. The highest BCUT2D eigenvalue weighted by Gasteiger charge is 2.58. The van der Waals surface area contributed by atoms with Crippen molar-refractivity contribution in [2.75, 3.05) is 50.2 Å². The summed E-state index contributed by atoms with van der Waals surface area (Å²) in [6, 6.07) is 7.35. The molecule has 0 atom stereocenters. The van der Waals surface area contributed by atoms with Gasteiger partial charge in [-0.05, 0) is 44.3 Å². The van der Waals surface area contributed by atoms with Crippen molar-refractivity contribution in [1.29, 1.82) is 0 Å². The SMILES string of the molecule is CN(C)CCCOc1ncc(-c2ccc3ncc4c(c3c2)C2(CC(=O)C2)C(=O)N4C)cc1NS(C)(=O)=O. The highest BCUT2D eigenvalue weighted by molar-refractivity contribution is 7.92. The largest absolute Gasteiger partial charge is 0.476 e. The van der Waals surface area contributed by atoms with Crippen molar-refractivity contribution in [2.45, 2.75) is 24.7 Å². The molecular weight excluding hydrogens is 494 g/mol. The number of fused-ring (bicyclic) bond motifs is 4. The predicted octanol–water partition coefficient (Wildman–Crippen LogP) is 2.58. The van der Waals surface area contributed by atoms with E-state index in [0.29, 0.717) is 23.4 Å². The molecule has 1 fully saturated rings. The molecule has 3 aromatic rings. The number of carbonyl (C=O) groups is 2. The van der Waals surface area contributed by atoms with E-state index < -0.39 is 15.4 Å².